The highest BCUT2D eigenvalue weighted by atomic mass is 35.5. The Kier molecular flexibility index (Phi) is 6.61. The van der Waals surface area contributed by atoms with E-state index in [4.69, 9.17) is 4.74 Å². The molecule has 2 aliphatic heterocycles. The molecule has 3 fully saturated rings. The fourth-order valence-electron chi connectivity index (χ4n) is 7.80. The lowest BCUT2D eigenvalue weighted by Gasteiger charge is -2.63. The van der Waals surface area contributed by atoms with Crippen LogP contribution in [-0.4, -0.2) is 75.6 Å². The summed E-state index contributed by atoms with van der Waals surface area (Å²) in [5.74, 6) is 5.08. The minimum absolute atomic E-state index is 0. The van der Waals surface area contributed by atoms with Gasteiger partial charge in [0.15, 0.2) is 17.3 Å². The SMILES string of the molecule is CN(C(=O)C#Cc1ccc(C(F)(F)F)cc1)[C@@H]1CC[C@@]2(O)[C@H]3C(=O)c4ccc(O)c5c4[C@@]2(CCN3CC2CC2)[C@H]1O5.Cl. The number of amides is 1. The molecule has 1 amide bonds. The molecule has 3 aliphatic carbocycles. The van der Waals surface area contributed by atoms with E-state index in [1.165, 1.54) is 23.1 Å². The predicted octanol–water partition coefficient (Wildman–Crippen LogP) is 3.92. The fraction of sp³-hybridized carbons (Fsp3) is 0.484. The Morgan fingerprint density at radius 3 is 2.52 bits per heavy atom. The number of piperidine rings is 1. The number of halogens is 4. The van der Waals surface area contributed by atoms with Crippen molar-refractivity contribution in [3.8, 4) is 23.3 Å². The zero-order chi connectivity index (χ0) is 28.9. The molecule has 2 heterocycles. The van der Waals surface area contributed by atoms with Gasteiger partial charge in [0.05, 0.1) is 17.0 Å². The Morgan fingerprint density at radius 2 is 1.86 bits per heavy atom. The highest BCUT2D eigenvalue weighted by Gasteiger charge is 2.75. The molecule has 0 unspecified atom stereocenters. The van der Waals surface area contributed by atoms with E-state index in [9.17, 15) is 33.0 Å². The number of ketones is 1. The Balaban J connectivity index is 0.00000316. The van der Waals surface area contributed by atoms with E-state index in [2.05, 4.69) is 16.7 Å². The number of hydrogen-bond acceptors (Lipinski definition) is 6. The number of nitrogens with zero attached hydrogens (tertiary/aromatic N) is 2. The van der Waals surface area contributed by atoms with E-state index < -0.39 is 46.9 Å². The minimum atomic E-state index is -4.46. The molecule has 2 N–H and O–H groups in total. The van der Waals surface area contributed by atoms with Gasteiger partial charge in [-0.3, -0.25) is 14.5 Å². The van der Waals surface area contributed by atoms with Gasteiger partial charge in [0.25, 0.3) is 5.91 Å². The number of aliphatic hydroxyl groups is 1. The number of phenols is 1. The zero-order valence-electron chi connectivity index (χ0n) is 22.8. The van der Waals surface area contributed by atoms with E-state index in [-0.39, 0.29) is 41.7 Å². The maximum absolute atomic E-state index is 13.9. The first-order valence-corrected chi connectivity index (χ1v) is 14.0. The molecule has 5 atom stereocenters. The number of Topliss-reactive ketones (excluding diaryl/α,β-unsaturated/α-hetero) is 1. The van der Waals surface area contributed by atoms with E-state index in [1.807, 2.05) is 0 Å². The molecule has 0 radical (unpaired) electrons. The lowest BCUT2D eigenvalue weighted by atomic mass is 9.48. The molecule has 2 bridgehead atoms. The fourth-order valence-corrected chi connectivity index (χ4v) is 7.80. The summed E-state index contributed by atoms with van der Waals surface area (Å²) in [6.45, 7) is 1.34. The van der Waals surface area contributed by atoms with E-state index in [0.717, 1.165) is 31.5 Å². The molecule has 2 saturated carbocycles. The highest BCUT2D eigenvalue weighted by Crippen LogP contribution is 2.66. The van der Waals surface area contributed by atoms with Gasteiger partial charge in [-0.2, -0.15) is 13.2 Å². The van der Waals surface area contributed by atoms with Gasteiger partial charge in [-0.1, -0.05) is 5.92 Å². The zero-order valence-corrected chi connectivity index (χ0v) is 23.6. The lowest BCUT2D eigenvalue weighted by Crippen LogP contribution is -2.79. The number of phenolic OH excluding ortho intramolecular Hbond substituents is 1. The lowest BCUT2D eigenvalue weighted by molar-refractivity contribution is -0.187. The van der Waals surface area contributed by atoms with Crippen LogP contribution in [0.25, 0.3) is 0 Å². The predicted molar refractivity (Wildman–Crippen MR) is 148 cm³/mol. The molecule has 2 aromatic rings. The van der Waals surface area contributed by atoms with Crippen molar-refractivity contribution in [2.75, 3.05) is 20.1 Å². The number of hydrogen-bond donors (Lipinski definition) is 2. The van der Waals surface area contributed by atoms with Gasteiger partial charge in [0, 0.05) is 42.7 Å². The van der Waals surface area contributed by atoms with E-state index >= 15 is 0 Å². The first-order valence-electron chi connectivity index (χ1n) is 14.0. The molecular formula is C31H30ClF3N2O5. The molecular weight excluding hydrogens is 573 g/mol. The van der Waals surface area contributed by atoms with Crippen LogP contribution in [0, 0.1) is 17.8 Å². The van der Waals surface area contributed by atoms with Gasteiger partial charge in [0.2, 0.25) is 0 Å². The van der Waals surface area contributed by atoms with Crippen molar-refractivity contribution in [3.05, 3.63) is 58.7 Å². The number of ether oxygens (including phenoxy) is 1. The van der Waals surface area contributed by atoms with Crippen LogP contribution in [0.3, 0.4) is 0 Å². The molecule has 222 valence electrons. The smallest absolute Gasteiger partial charge is 0.416 e. The molecule has 1 spiro atoms. The first-order chi connectivity index (χ1) is 19.5. The number of rotatable bonds is 3. The number of carbonyl (C=O) groups excluding carboxylic acids is 2. The van der Waals surface area contributed by atoms with Crippen molar-refractivity contribution in [2.45, 2.75) is 67.5 Å². The highest BCUT2D eigenvalue weighted by molar-refractivity contribution is 6.06. The van der Waals surface area contributed by atoms with Crippen molar-refractivity contribution in [1.82, 2.24) is 9.80 Å². The van der Waals surface area contributed by atoms with Gasteiger partial charge >= 0.3 is 6.18 Å². The monoisotopic (exact) mass is 602 g/mol. The molecule has 7 nitrogen and oxygen atoms in total. The second kappa shape index (κ2) is 9.63. The van der Waals surface area contributed by atoms with Crippen LogP contribution in [0.5, 0.6) is 11.5 Å². The van der Waals surface area contributed by atoms with Crippen LogP contribution < -0.4 is 4.74 Å². The molecule has 7 rings (SSSR count). The molecule has 11 heteroatoms. The Morgan fingerprint density at radius 1 is 1.14 bits per heavy atom. The molecule has 42 heavy (non-hydrogen) atoms. The van der Waals surface area contributed by atoms with Crippen LogP contribution in [0.4, 0.5) is 13.2 Å². The second-order valence-corrected chi connectivity index (χ2v) is 12.1. The number of likely N-dealkylation sites (N-methyl/N-ethyl adjacent to an activating group) is 1. The third-order valence-electron chi connectivity index (χ3n) is 9.91. The van der Waals surface area contributed by atoms with E-state index in [1.54, 1.807) is 13.1 Å². The number of alkyl halides is 3. The summed E-state index contributed by atoms with van der Waals surface area (Å²) >= 11 is 0. The molecule has 5 aliphatic rings. The van der Waals surface area contributed by atoms with Crippen LogP contribution in [0.15, 0.2) is 36.4 Å². The van der Waals surface area contributed by atoms with Crippen molar-refractivity contribution < 1.29 is 37.7 Å². The van der Waals surface area contributed by atoms with Gasteiger partial charge in [0.1, 0.15) is 17.7 Å². The van der Waals surface area contributed by atoms with Crippen molar-refractivity contribution >= 4 is 24.1 Å². The molecule has 0 aromatic heterocycles. The molecule has 2 aromatic carbocycles. The van der Waals surface area contributed by atoms with Gasteiger partial charge in [-0.15, -0.1) is 12.4 Å². The maximum atomic E-state index is 13.9. The summed E-state index contributed by atoms with van der Waals surface area (Å²) < 4.78 is 45.1. The maximum Gasteiger partial charge on any atom is 0.416 e. The third kappa shape index (κ3) is 3.97. The number of likely N-dealkylation sites (tertiary alicyclic amines) is 1. The summed E-state index contributed by atoms with van der Waals surface area (Å²) in [7, 11) is 1.59. The Labute approximate surface area is 247 Å². The third-order valence-corrected chi connectivity index (χ3v) is 9.91. The van der Waals surface area contributed by atoms with Crippen LogP contribution in [-0.2, 0) is 16.4 Å². The number of aromatic hydroxyl groups is 1. The number of carbonyl (C=O) groups is 2. The van der Waals surface area contributed by atoms with E-state index in [0.29, 0.717) is 36.4 Å². The van der Waals surface area contributed by atoms with Crippen LogP contribution in [0.2, 0.25) is 0 Å². The van der Waals surface area contributed by atoms with Gasteiger partial charge < -0.3 is 19.8 Å². The average Bonchev–Trinajstić information content (AvgIpc) is 3.68. The number of benzene rings is 2. The van der Waals surface area contributed by atoms with Crippen molar-refractivity contribution in [2.24, 2.45) is 5.92 Å². The standard InChI is InChI=1S/C31H29F3N2O5.ClH/c1-35(23(38)11-6-17-4-7-19(8-5-17)31(32,33)34)21-12-13-30(40)27-25(39)20-9-10-22(37)26-24(20)29(30,28(21)41-26)14-15-36(27)16-18-2-3-18;/h4-5,7-10,18,21,27-28,37,40H,2-3,12-16H2,1H3;1H/t21-,27-,28+,29+,30-;/m1./s1. The summed E-state index contributed by atoms with van der Waals surface area (Å²) in [6.07, 6.45) is -1.85. The van der Waals surface area contributed by atoms with Crippen LogP contribution in [0.1, 0.15) is 59.2 Å². The normalized spacial score (nSPS) is 30.8. The topological polar surface area (TPSA) is 90.3 Å². The van der Waals surface area contributed by atoms with Crippen molar-refractivity contribution in [1.29, 1.82) is 0 Å². The summed E-state index contributed by atoms with van der Waals surface area (Å²) in [5, 5.41) is 23.3. The largest absolute Gasteiger partial charge is 0.504 e. The second-order valence-electron chi connectivity index (χ2n) is 12.1. The van der Waals surface area contributed by atoms with Crippen LogP contribution >= 0.6 is 12.4 Å². The quantitative estimate of drug-likeness (QED) is 0.518. The first kappa shape index (κ1) is 28.8. The summed E-state index contributed by atoms with van der Waals surface area (Å²) in [6, 6.07) is 6.10. The van der Waals surface area contributed by atoms with Gasteiger partial charge in [-0.25, -0.2) is 0 Å². The van der Waals surface area contributed by atoms with Gasteiger partial charge in [-0.05, 0) is 74.4 Å². The summed E-state index contributed by atoms with van der Waals surface area (Å²) in [5.41, 5.74) is -1.96. The molecule has 1 saturated heterocycles. The van der Waals surface area contributed by atoms with Crippen molar-refractivity contribution in [3.63, 3.8) is 0 Å². The average molecular weight is 603 g/mol. The Hall–Kier alpha value is -3.26. The minimum Gasteiger partial charge on any atom is -0.504 e. The Bertz CT molecular complexity index is 1530. The summed E-state index contributed by atoms with van der Waals surface area (Å²) in [4.78, 5) is 30.8.